The molecule has 0 saturated carbocycles. The number of nitrogens with one attached hydrogen (secondary N) is 1. The van der Waals surface area contributed by atoms with Crippen molar-refractivity contribution in [2.24, 2.45) is 0 Å². The van der Waals surface area contributed by atoms with E-state index < -0.39 is 6.36 Å². The molecular formula is C10H11ClF3NO. The van der Waals surface area contributed by atoms with Gasteiger partial charge in [-0.25, -0.2) is 0 Å². The molecule has 0 aliphatic rings. The second-order valence-electron chi connectivity index (χ2n) is 3.06. The van der Waals surface area contributed by atoms with E-state index in [9.17, 15) is 13.2 Å². The van der Waals surface area contributed by atoms with Crippen molar-refractivity contribution >= 4 is 11.6 Å². The fourth-order valence-electron chi connectivity index (χ4n) is 1.11. The van der Waals surface area contributed by atoms with Crippen LogP contribution in [0.4, 0.5) is 13.2 Å². The van der Waals surface area contributed by atoms with E-state index in [1.807, 2.05) is 0 Å². The van der Waals surface area contributed by atoms with Crippen molar-refractivity contribution < 1.29 is 17.9 Å². The molecule has 0 spiro atoms. The summed E-state index contributed by atoms with van der Waals surface area (Å²) in [5.74, 6) is 0.281. The molecule has 0 fully saturated rings. The van der Waals surface area contributed by atoms with Crippen LogP contribution in [0.1, 0.15) is 5.56 Å². The van der Waals surface area contributed by atoms with E-state index in [2.05, 4.69) is 10.1 Å². The van der Waals surface area contributed by atoms with Gasteiger partial charge in [0.2, 0.25) is 0 Å². The van der Waals surface area contributed by atoms with Crippen molar-refractivity contribution in [1.29, 1.82) is 0 Å². The van der Waals surface area contributed by atoms with Crippen molar-refractivity contribution in [1.82, 2.24) is 5.32 Å². The highest BCUT2D eigenvalue weighted by atomic mass is 35.5. The summed E-state index contributed by atoms with van der Waals surface area (Å²) in [5.41, 5.74) is 0.875. The number of hydrogen-bond acceptors (Lipinski definition) is 2. The maximum Gasteiger partial charge on any atom is 0.573 e. The Morgan fingerprint density at radius 1 is 1.19 bits per heavy atom. The van der Waals surface area contributed by atoms with Crippen molar-refractivity contribution in [3.63, 3.8) is 0 Å². The van der Waals surface area contributed by atoms with Crippen LogP contribution >= 0.6 is 11.6 Å². The fourth-order valence-corrected chi connectivity index (χ4v) is 1.24. The molecule has 0 bridgehead atoms. The van der Waals surface area contributed by atoms with Gasteiger partial charge in [0.25, 0.3) is 0 Å². The largest absolute Gasteiger partial charge is 0.573 e. The van der Waals surface area contributed by atoms with E-state index in [-0.39, 0.29) is 5.75 Å². The van der Waals surface area contributed by atoms with Crippen molar-refractivity contribution in [3.05, 3.63) is 29.8 Å². The van der Waals surface area contributed by atoms with Gasteiger partial charge < -0.3 is 10.1 Å². The number of benzene rings is 1. The van der Waals surface area contributed by atoms with Crippen LogP contribution in [0.5, 0.6) is 5.75 Å². The Morgan fingerprint density at radius 2 is 1.81 bits per heavy atom. The van der Waals surface area contributed by atoms with Crippen molar-refractivity contribution in [2.75, 3.05) is 12.4 Å². The van der Waals surface area contributed by atoms with Gasteiger partial charge in [-0.1, -0.05) is 12.1 Å². The lowest BCUT2D eigenvalue weighted by atomic mass is 10.2. The molecule has 6 heteroatoms. The first-order valence-electron chi connectivity index (χ1n) is 4.62. The van der Waals surface area contributed by atoms with Gasteiger partial charge in [-0.05, 0) is 17.7 Å². The molecule has 2 nitrogen and oxygen atoms in total. The molecule has 0 aliphatic carbocycles. The normalized spacial score (nSPS) is 11.5. The smallest absolute Gasteiger partial charge is 0.406 e. The molecule has 0 saturated heterocycles. The summed E-state index contributed by atoms with van der Waals surface area (Å²) in [5, 5.41) is 3.02. The molecule has 0 atom stereocenters. The predicted octanol–water partition coefficient (Wildman–Crippen LogP) is 2.91. The van der Waals surface area contributed by atoms with E-state index in [0.29, 0.717) is 19.0 Å². The average molecular weight is 254 g/mol. The Hall–Kier alpha value is -0.940. The van der Waals surface area contributed by atoms with E-state index in [0.717, 1.165) is 5.56 Å². The zero-order valence-corrected chi connectivity index (χ0v) is 9.11. The summed E-state index contributed by atoms with van der Waals surface area (Å²) in [4.78, 5) is 0. The van der Waals surface area contributed by atoms with Gasteiger partial charge in [-0.3, -0.25) is 0 Å². The highest BCUT2D eigenvalue weighted by molar-refractivity contribution is 6.18. The maximum absolute atomic E-state index is 11.8. The van der Waals surface area contributed by atoms with Crippen LogP contribution in [0.2, 0.25) is 0 Å². The Labute approximate surface area is 96.4 Å². The van der Waals surface area contributed by atoms with Crippen LogP contribution in [0.25, 0.3) is 0 Å². The van der Waals surface area contributed by atoms with Gasteiger partial charge in [0, 0.05) is 19.0 Å². The maximum atomic E-state index is 11.8. The number of alkyl halides is 4. The second-order valence-corrected chi connectivity index (χ2v) is 3.44. The molecule has 0 unspecified atom stereocenters. The van der Waals surface area contributed by atoms with E-state index >= 15 is 0 Å². The summed E-state index contributed by atoms with van der Waals surface area (Å²) >= 11 is 5.46. The molecule has 0 radical (unpaired) electrons. The van der Waals surface area contributed by atoms with Crippen LogP contribution in [0.15, 0.2) is 24.3 Å². The number of halogens is 4. The molecule has 1 rings (SSSR count). The minimum absolute atomic E-state index is 0.214. The lowest BCUT2D eigenvalue weighted by Gasteiger charge is -2.09. The first-order chi connectivity index (χ1) is 7.51. The van der Waals surface area contributed by atoms with Crippen molar-refractivity contribution in [2.45, 2.75) is 12.9 Å². The summed E-state index contributed by atoms with van der Waals surface area (Å²) in [7, 11) is 0. The Morgan fingerprint density at radius 3 is 2.31 bits per heavy atom. The highest BCUT2D eigenvalue weighted by Gasteiger charge is 2.30. The molecule has 1 aromatic rings. The lowest BCUT2D eigenvalue weighted by molar-refractivity contribution is -0.274. The molecule has 90 valence electrons. The summed E-state index contributed by atoms with van der Waals surface area (Å²) in [6.07, 6.45) is -4.64. The first-order valence-corrected chi connectivity index (χ1v) is 5.16. The minimum atomic E-state index is -4.64. The molecule has 1 N–H and O–H groups in total. The van der Waals surface area contributed by atoms with Gasteiger partial charge in [-0.15, -0.1) is 24.8 Å². The van der Waals surface area contributed by atoms with Gasteiger partial charge in [0.05, 0.1) is 0 Å². The highest BCUT2D eigenvalue weighted by Crippen LogP contribution is 2.22. The monoisotopic (exact) mass is 253 g/mol. The average Bonchev–Trinajstić information content (AvgIpc) is 2.19. The van der Waals surface area contributed by atoms with E-state index in [1.54, 1.807) is 12.1 Å². The van der Waals surface area contributed by atoms with Crippen LogP contribution in [-0.4, -0.2) is 18.8 Å². The number of hydrogen-bond donors (Lipinski definition) is 1. The van der Waals surface area contributed by atoms with Gasteiger partial charge in [-0.2, -0.15) is 0 Å². The Balaban J connectivity index is 2.48. The molecule has 0 heterocycles. The fraction of sp³-hybridized carbons (Fsp3) is 0.400. The first kappa shape index (κ1) is 13.1. The summed E-state index contributed by atoms with van der Waals surface area (Å²) < 4.78 is 39.3. The molecule has 0 aromatic heterocycles. The van der Waals surface area contributed by atoms with Crippen LogP contribution < -0.4 is 10.1 Å². The van der Waals surface area contributed by atoms with E-state index in [1.165, 1.54) is 12.1 Å². The summed E-state index contributed by atoms with van der Waals surface area (Å²) in [6.45, 7) is 1.22. The van der Waals surface area contributed by atoms with E-state index in [4.69, 9.17) is 11.6 Å². The van der Waals surface area contributed by atoms with Gasteiger partial charge in [0.15, 0.2) is 0 Å². The van der Waals surface area contributed by atoms with Crippen LogP contribution in [0, 0.1) is 0 Å². The quantitative estimate of drug-likeness (QED) is 0.644. The molecular weight excluding hydrogens is 243 g/mol. The minimum Gasteiger partial charge on any atom is -0.406 e. The van der Waals surface area contributed by atoms with Gasteiger partial charge in [0.1, 0.15) is 5.75 Å². The number of ether oxygens (including phenoxy) is 1. The lowest BCUT2D eigenvalue weighted by Crippen LogP contribution is -2.17. The third-order valence-corrected chi connectivity index (χ3v) is 1.95. The Bertz CT molecular complexity index is 313. The molecule has 1 aromatic carbocycles. The SMILES string of the molecule is FC(F)(F)Oc1ccc(CNCCCl)cc1. The van der Waals surface area contributed by atoms with Crippen LogP contribution in [0.3, 0.4) is 0 Å². The third kappa shape index (κ3) is 5.23. The topological polar surface area (TPSA) is 21.3 Å². The number of rotatable bonds is 5. The standard InChI is InChI=1S/C10H11ClF3NO/c11-5-6-15-7-8-1-3-9(4-2-8)16-10(12,13)14/h1-4,15H,5-7H2. The Kier molecular flexibility index (Phi) is 4.89. The molecule has 0 amide bonds. The summed E-state index contributed by atoms with van der Waals surface area (Å²) in [6, 6.07) is 5.71. The zero-order chi connectivity index (χ0) is 12.0. The molecule has 0 aliphatic heterocycles. The predicted molar refractivity (Wildman–Crippen MR) is 55.6 cm³/mol. The van der Waals surface area contributed by atoms with Gasteiger partial charge >= 0.3 is 6.36 Å². The molecule has 16 heavy (non-hydrogen) atoms. The zero-order valence-electron chi connectivity index (χ0n) is 8.35. The van der Waals surface area contributed by atoms with Crippen molar-refractivity contribution in [3.8, 4) is 5.75 Å². The second kappa shape index (κ2) is 5.96. The van der Waals surface area contributed by atoms with Crippen LogP contribution in [-0.2, 0) is 6.54 Å². The third-order valence-electron chi connectivity index (χ3n) is 1.76.